The molecule has 2 unspecified atom stereocenters. The van der Waals surface area contributed by atoms with E-state index in [1.807, 2.05) is 19.9 Å². The van der Waals surface area contributed by atoms with Crippen LogP contribution in [0.3, 0.4) is 0 Å². The Morgan fingerprint density at radius 3 is 2.41 bits per heavy atom. The number of benzene rings is 2. The molecule has 2 aromatic carbocycles. The molecule has 3 aromatic rings. The molecule has 0 spiro atoms. The molecule has 32 heavy (non-hydrogen) atoms. The number of morpholine rings is 1. The maximum absolute atomic E-state index is 13.0. The zero-order valence-electron chi connectivity index (χ0n) is 18.0. The number of aryl methyl sites for hydroxylation is 1. The lowest BCUT2D eigenvalue weighted by atomic mass is 10.1. The van der Waals surface area contributed by atoms with E-state index < -0.39 is 10.0 Å². The van der Waals surface area contributed by atoms with Crippen LogP contribution < -0.4 is 5.32 Å². The number of sulfonamides is 1. The Morgan fingerprint density at radius 2 is 1.78 bits per heavy atom. The zero-order chi connectivity index (χ0) is 22.9. The van der Waals surface area contributed by atoms with Gasteiger partial charge in [0.15, 0.2) is 5.82 Å². The summed E-state index contributed by atoms with van der Waals surface area (Å²) in [6, 6.07) is 13.1. The Hall–Kier alpha value is -3.15. The number of amides is 1. The Balaban J connectivity index is 1.49. The van der Waals surface area contributed by atoms with E-state index in [0.717, 1.165) is 5.56 Å². The second-order valence-corrected chi connectivity index (χ2v) is 9.70. The van der Waals surface area contributed by atoms with E-state index in [2.05, 4.69) is 20.8 Å². The second kappa shape index (κ2) is 8.77. The average molecular weight is 457 g/mol. The number of hydrogen-bond acceptors (Lipinski definition) is 7. The van der Waals surface area contributed by atoms with Crippen LogP contribution in [0, 0.1) is 0 Å². The molecule has 1 fully saturated rings. The van der Waals surface area contributed by atoms with Crippen LogP contribution in [-0.4, -0.2) is 64.1 Å². The van der Waals surface area contributed by atoms with Crippen molar-refractivity contribution in [2.45, 2.75) is 31.0 Å². The third-order valence-corrected chi connectivity index (χ3v) is 6.99. The van der Waals surface area contributed by atoms with Crippen molar-refractivity contribution in [1.82, 2.24) is 24.5 Å². The number of tetrazole rings is 1. The largest absolute Gasteiger partial charge is 0.373 e. The molecule has 0 bridgehead atoms. The quantitative estimate of drug-likeness (QED) is 0.623. The number of rotatable bonds is 5. The zero-order valence-corrected chi connectivity index (χ0v) is 18.8. The van der Waals surface area contributed by atoms with Crippen molar-refractivity contribution < 1.29 is 17.9 Å². The van der Waals surface area contributed by atoms with E-state index in [9.17, 15) is 13.2 Å². The molecule has 1 saturated heterocycles. The van der Waals surface area contributed by atoms with E-state index >= 15 is 0 Å². The number of carbonyl (C=O) groups excluding carboxylic acids is 1. The van der Waals surface area contributed by atoms with Crippen LogP contribution in [0.1, 0.15) is 24.2 Å². The summed E-state index contributed by atoms with van der Waals surface area (Å²) < 4.78 is 34.5. The van der Waals surface area contributed by atoms with Crippen molar-refractivity contribution >= 4 is 21.6 Å². The molecule has 11 heteroatoms. The standard InChI is InChI=1S/C21H24N6O4S/c1-14-12-27(13-15(2)31-14)32(29,30)19-9-7-16(8-10-19)21(28)22-18-6-4-5-17(11-18)20-23-24-25-26(20)3/h4-11,14-15H,12-13H2,1-3H3,(H,22,28). The highest BCUT2D eigenvalue weighted by molar-refractivity contribution is 7.89. The van der Waals surface area contributed by atoms with Crippen molar-refractivity contribution in [1.29, 1.82) is 0 Å². The minimum Gasteiger partial charge on any atom is -0.373 e. The lowest BCUT2D eigenvalue weighted by molar-refractivity contribution is -0.0440. The maximum atomic E-state index is 13.0. The predicted octanol–water partition coefficient (Wildman–Crippen LogP) is 1.93. The van der Waals surface area contributed by atoms with Gasteiger partial charge in [-0.15, -0.1) is 5.10 Å². The summed E-state index contributed by atoms with van der Waals surface area (Å²) in [7, 11) is -1.93. The van der Waals surface area contributed by atoms with Gasteiger partial charge in [0.05, 0.1) is 17.1 Å². The summed E-state index contributed by atoms with van der Waals surface area (Å²) >= 11 is 0. The summed E-state index contributed by atoms with van der Waals surface area (Å²) in [5.74, 6) is 0.221. The third kappa shape index (κ3) is 4.54. The molecular weight excluding hydrogens is 432 g/mol. The first-order valence-corrected chi connectivity index (χ1v) is 11.6. The molecule has 1 aliphatic rings. The molecule has 1 N–H and O–H groups in total. The van der Waals surface area contributed by atoms with Crippen LogP contribution in [0.5, 0.6) is 0 Å². The summed E-state index contributed by atoms with van der Waals surface area (Å²) in [5.41, 5.74) is 1.67. The third-order valence-electron chi connectivity index (χ3n) is 5.14. The lowest BCUT2D eigenvalue weighted by Crippen LogP contribution is -2.48. The number of hydrogen-bond donors (Lipinski definition) is 1. The first-order valence-electron chi connectivity index (χ1n) is 10.1. The SMILES string of the molecule is CC1CN(S(=O)(=O)c2ccc(C(=O)Nc3cccc(-c4nnnn4C)c3)cc2)CC(C)O1. The molecule has 4 rings (SSSR count). The van der Waals surface area contributed by atoms with Crippen molar-refractivity contribution in [3.8, 4) is 11.4 Å². The Kier molecular flexibility index (Phi) is 6.04. The fourth-order valence-electron chi connectivity index (χ4n) is 3.67. The molecule has 168 valence electrons. The molecule has 1 amide bonds. The minimum atomic E-state index is -3.66. The van der Waals surface area contributed by atoms with E-state index in [1.54, 1.807) is 25.2 Å². The number of ether oxygens (including phenoxy) is 1. The fourth-order valence-corrected chi connectivity index (χ4v) is 5.26. The second-order valence-electron chi connectivity index (χ2n) is 7.76. The van der Waals surface area contributed by atoms with Crippen molar-refractivity contribution in [3.63, 3.8) is 0 Å². The first-order chi connectivity index (χ1) is 15.2. The number of aromatic nitrogens is 4. The lowest BCUT2D eigenvalue weighted by Gasteiger charge is -2.34. The summed E-state index contributed by atoms with van der Waals surface area (Å²) in [5, 5.41) is 14.2. The van der Waals surface area contributed by atoms with Gasteiger partial charge in [-0.2, -0.15) is 4.31 Å². The monoisotopic (exact) mass is 456 g/mol. The Morgan fingerprint density at radius 1 is 1.09 bits per heavy atom. The average Bonchev–Trinajstić information content (AvgIpc) is 3.19. The molecule has 0 aliphatic carbocycles. The van der Waals surface area contributed by atoms with Gasteiger partial charge < -0.3 is 10.1 Å². The molecule has 0 radical (unpaired) electrons. The van der Waals surface area contributed by atoms with Gasteiger partial charge in [0.25, 0.3) is 5.91 Å². The summed E-state index contributed by atoms with van der Waals surface area (Å²) in [6.45, 7) is 4.29. The highest BCUT2D eigenvalue weighted by Gasteiger charge is 2.32. The topological polar surface area (TPSA) is 119 Å². The van der Waals surface area contributed by atoms with Crippen LogP contribution >= 0.6 is 0 Å². The van der Waals surface area contributed by atoms with Crippen molar-refractivity contribution in [2.75, 3.05) is 18.4 Å². The molecule has 2 heterocycles. The van der Waals surface area contributed by atoms with Gasteiger partial charge in [-0.05, 0) is 60.7 Å². The highest BCUT2D eigenvalue weighted by Crippen LogP contribution is 2.23. The number of nitrogens with zero attached hydrogens (tertiary/aromatic N) is 5. The van der Waals surface area contributed by atoms with Gasteiger partial charge in [-0.3, -0.25) is 4.79 Å². The molecule has 10 nitrogen and oxygen atoms in total. The number of carbonyl (C=O) groups is 1. The van der Waals surface area contributed by atoms with E-state index in [1.165, 1.54) is 33.3 Å². The molecule has 1 aliphatic heterocycles. The van der Waals surface area contributed by atoms with E-state index in [-0.39, 0.29) is 23.0 Å². The van der Waals surface area contributed by atoms with E-state index in [4.69, 9.17) is 4.74 Å². The van der Waals surface area contributed by atoms with Crippen LogP contribution in [0.15, 0.2) is 53.4 Å². The minimum absolute atomic E-state index is 0.145. The van der Waals surface area contributed by atoms with Crippen LogP contribution in [0.25, 0.3) is 11.4 Å². The van der Waals surface area contributed by atoms with Gasteiger partial charge in [-0.1, -0.05) is 12.1 Å². The number of nitrogens with one attached hydrogen (secondary N) is 1. The van der Waals surface area contributed by atoms with Crippen molar-refractivity contribution in [2.24, 2.45) is 7.05 Å². The summed E-state index contributed by atoms with van der Waals surface area (Å²) in [4.78, 5) is 12.8. The molecular formula is C21H24N6O4S. The Bertz CT molecular complexity index is 1220. The molecule has 1 aromatic heterocycles. The van der Waals surface area contributed by atoms with Gasteiger partial charge in [0.2, 0.25) is 10.0 Å². The van der Waals surface area contributed by atoms with Gasteiger partial charge in [-0.25, -0.2) is 13.1 Å². The normalized spacial score (nSPS) is 19.6. The van der Waals surface area contributed by atoms with Gasteiger partial charge >= 0.3 is 0 Å². The number of anilines is 1. The maximum Gasteiger partial charge on any atom is 0.255 e. The highest BCUT2D eigenvalue weighted by atomic mass is 32.2. The fraction of sp³-hybridized carbons (Fsp3) is 0.333. The summed E-state index contributed by atoms with van der Waals surface area (Å²) in [6.07, 6.45) is -0.349. The van der Waals surface area contributed by atoms with Gasteiger partial charge in [0.1, 0.15) is 0 Å². The Labute approximate surface area is 186 Å². The molecule has 0 saturated carbocycles. The first kappa shape index (κ1) is 22.1. The molecule has 2 atom stereocenters. The predicted molar refractivity (Wildman–Crippen MR) is 117 cm³/mol. The van der Waals surface area contributed by atoms with Crippen LogP contribution in [0.2, 0.25) is 0 Å². The van der Waals surface area contributed by atoms with Crippen molar-refractivity contribution in [3.05, 3.63) is 54.1 Å². The van der Waals surface area contributed by atoms with Crippen LogP contribution in [-0.2, 0) is 21.8 Å². The van der Waals surface area contributed by atoms with E-state index in [0.29, 0.717) is 30.2 Å². The van der Waals surface area contributed by atoms with Crippen LogP contribution in [0.4, 0.5) is 5.69 Å². The van der Waals surface area contributed by atoms with Gasteiger partial charge in [0, 0.05) is 37.0 Å². The smallest absolute Gasteiger partial charge is 0.255 e.